The van der Waals surface area contributed by atoms with Crippen LogP contribution in [0.3, 0.4) is 0 Å². The number of nitrogens with two attached hydrogens (primary N) is 1. The van der Waals surface area contributed by atoms with Crippen molar-refractivity contribution in [3.8, 4) is 0 Å². The number of nitrogens with one attached hydrogen (secondary N) is 4. The van der Waals surface area contributed by atoms with E-state index in [1.54, 1.807) is 42.8 Å². The van der Waals surface area contributed by atoms with Crippen LogP contribution in [-0.2, 0) is 53.1 Å². The zero-order valence-electron chi connectivity index (χ0n) is 28.1. The molecule has 1 atom stereocenters. The Balaban J connectivity index is 1.63. The molecule has 262 valence electrons. The van der Waals surface area contributed by atoms with E-state index < -0.39 is 17.9 Å². The molecule has 0 aliphatic rings. The molecule has 15 heteroatoms. The number of ether oxygens (including phenoxy) is 3. The normalized spacial score (nSPS) is 11.8. The van der Waals surface area contributed by atoms with Crippen LogP contribution in [0.15, 0.2) is 30.5 Å². The van der Waals surface area contributed by atoms with Gasteiger partial charge in [0, 0.05) is 44.2 Å². The molecule has 0 aliphatic carbocycles. The molecule has 1 aromatic carbocycles. The summed E-state index contributed by atoms with van der Waals surface area (Å²) in [4.78, 5) is 49.3. The van der Waals surface area contributed by atoms with Crippen molar-refractivity contribution < 1.29 is 33.4 Å². The molecule has 3 amide bonds. The number of benzene rings is 1. The summed E-state index contributed by atoms with van der Waals surface area (Å²) in [6.45, 7) is 10.1. The molecule has 0 saturated heterocycles. The number of carbonyl (C=O) groups excluding carboxylic acids is 4. The van der Waals surface area contributed by atoms with E-state index in [1.807, 2.05) is 6.20 Å². The van der Waals surface area contributed by atoms with Gasteiger partial charge in [0.05, 0.1) is 18.2 Å². The van der Waals surface area contributed by atoms with Gasteiger partial charge in [-0.15, -0.1) is 5.10 Å². The van der Waals surface area contributed by atoms with Crippen LogP contribution in [0, 0.1) is 5.92 Å². The van der Waals surface area contributed by atoms with Gasteiger partial charge in [-0.2, -0.15) is 0 Å². The number of aromatic nitrogens is 3. The van der Waals surface area contributed by atoms with Crippen LogP contribution < -0.4 is 27.0 Å². The predicted octanol–water partition coefficient (Wildman–Crippen LogP) is 1.27. The first-order valence-corrected chi connectivity index (χ1v) is 16.2. The van der Waals surface area contributed by atoms with E-state index in [1.165, 1.54) is 0 Å². The van der Waals surface area contributed by atoms with Gasteiger partial charge >= 0.3 is 5.97 Å². The molecule has 0 radical (unpaired) electrons. The van der Waals surface area contributed by atoms with E-state index in [9.17, 15) is 19.2 Å². The quantitative estimate of drug-likeness (QED) is 0.0802. The van der Waals surface area contributed by atoms with Gasteiger partial charge in [-0.05, 0) is 49.9 Å². The minimum atomic E-state index is -0.816. The van der Waals surface area contributed by atoms with Crippen molar-refractivity contribution in [1.29, 1.82) is 0 Å². The first-order chi connectivity index (χ1) is 22.6. The van der Waals surface area contributed by atoms with E-state index in [-0.39, 0.29) is 37.6 Å². The molecular formula is C32H52N8O7. The Labute approximate surface area is 277 Å². The van der Waals surface area contributed by atoms with Crippen LogP contribution in [0.5, 0.6) is 0 Å². The third-order valence-corrected chi connectivity index (χ3v) is 6.66. The lowest BCUT2D eigenvalue weighted by Gasteiger charge is -2.19. The highest BCUT2D eigenvalue weighted by atomic mass is 16.5. The first kappa shape index (κ1) is 39.3. The molecule has 0 spiro atoms. The van der Waals surface area contributed by atoms with Crippen LogP contribution in [0.2, 0.25) is 0 Å². The number of anilines is 1. The molecule has 0 unspecified atom stereocenters. The van der Waals surface area contributed by atoms with Crippen LogP contribution in [0.1, 0.15) is 64.6 Å². The van der Waals surface area contributed by atoms with Crippen molar-refractivity contribution in [3.05, 3.63) is 41.7 Å². The molecule has 0 bridgehead atoms. The Hall–Kier alpha value is -3.92. The first-order valence-electron chi connectivity index (χ1n) is 16.2. The number of unbranched alkanes of at least 4 members (excludes halogenated alkanes) is 1. The Morgan fingerprint density at radius 2 is 1.68 bits per heavy atom. The highest BCUT2D eigenvalue weighted by Gasteiger charge is 2.21. The Morgan fingerprint density at radius 1 is 0.936 bits per heavy atom. The molecule has 15 nitrogen and oxygen atoms in total. The summed E-state index contributed by atoms with van der Waals surface area (Å²) < 4.78 is 17.8. The number of aryl methyl sites for hydroxylation is 1. The van der Waals surface area contributed by atoms with Gasteiger partial charge in [0.25, 0.3) is 0 Å². The van der Waals surface area contributed by atoms with Gasteiger partial charge < -0.3 is 41.2 Å². The van der Waals surface area contributed by atoms with E-state index in [2.05, 4.69) is 45.4 Å². The summed E-state index contributed by atoms with van der Waals surface area (Å²) in [5, 5.41) is 19.7. The van der Waals surface area contributed by atoms with Crippen molar-refractivity contribution in [1.82, 2.24) is 30.9 Å². The third kappa shape index (κ3) is 17.5. The van der Waals surface area contributed by atoms with Gasteiger partial charge in [0.1, 0.15) is 25.9 Å². The molecule has 47 heavy (non-hydrogen) atoms. The second-order valence-corrected chi connectivity index (χ2v) is 11.7. The van der Waals surface area contributed by atoms with Gasteiger partial charge in [0.15, 0.2) is 0 Å². The lowest BCUT2D eigenvalue weighted by atomic mass is 10.1. The van der Waals surface area contributed by atoms with Crippen molar-refractivity contribution in [2.45, 2.75) is 85.2 Å². The van der Waals surface area contributed by atoms with Crippen molar-refractivity contribution in [2.75, 3.05) is 44.8 Å². The average Bonchev–Trinajstić information content (AvgIpc) is 3.50. The second kappa shape index (κ2) is 22.6. The minimum absolute atomic E-state index is 0.137. The van der Waals surface area contributed by atoms with Crippen molar-refractivity contribution in [2.24, 2.45) is 11.7 Å². The van der Waals surface area contributed by atoms with Crippen LogP contribution in [0.4, 0.5) is 5.69 Å². The lowest BCUT2D eigenvalue weighted by molar-refractivity contribution is -0.148. The van der Waals surface area contributed by atoms with Gasteiger partial charge in [-0.3, -0.25) is 23.9 Å². The fourth-order valence-corrected chi connectivity index (χ4v) is 4.05. The maximum atomic E-state index is 13.0. The fraction of sp³-hybridized carbons (Fsp3) is 0.625. The summed E-state index contributed by atoms with van der Waals surface area (Å²) in [7, 11) is 0. The minimum Gasteiger partial charge on any atom is -0.461 e. The highest BCUT2D eigenvalue weighted by molar-refractivity contribution is 5.97. The number of amides is 3. The number of rotatable bonds is 24. The molecular weight excluding hydrogens is 608 g/mol. The standard InChI is InChI=1S/C32H52N8O7/c1-23(2)32(44)47-20-25-9-11-26(12-10-25)36-31(43)28(8-5-6-13-33)37-30(42)22-46-21-29(41)34-14-17-45-16-7-15-40-19-27(38-39-40)18-35-24(3)4/h9-12,19,23-24,28,35H,5-8,13-18,20-22,33H2,1-4H3,(H,34,41)(H,36,43)(H,37,42)/t28-/m0/s1. The summed E-state index contributed by atoms with van der Waals surface area (Å²) in [5.74, 6) is -1.80. The van der Waals surface area contributed by atoms with Gasteiger partial charge in [0.2, 0.25) is 17.7 Å². The van der Waals surface area contributed by atoms with Gasteiger partial charge in [-0.1, -0.05) is 45.0 Å². The van der Waals surface area contributed by atoms with Crippen LogP contribution in [0.25, 0.3) is 0 Å². The maximum absolute atomic E-state index is 13.0. The molecule has 1 aromatic heterocycles. The summed E-state index contributed by atoms with van der Waals surface area (Å²) in [6.07, 6.45) is 4.38. The molecule has 0 aliphatic heterocycles. The molecule has 0 saturated carbocycles. The topological polar surface area (TPSA) is 201 Å². The Bertz CT molecular complexity index is 1220. The second-order valence-electron chi connectivity index (χ2n) is 11.7. The van der Waals surface area contributed by atoms with Gasteiger partial charge in [-0.25, -0.2) is 0 Å². The van der Waals surface area contributed by atoms with Crippen molar-refractivity contribution >= 4 is 29.4 Å². The van der Waals surface area contributed by atoms with Crippen LogP contribution >= 0.6 is 0 Å². The van der Waals surface area contributed by atoms with E-state index in [0.29, 0.717) is 70.4 Å². The van der Waals surface area contributed by atoms with E-state index in [4.69, 9.17) is 19.9 Å². The van der Waals surface area contributed by atoms with Crippen molar-refractivity contribution in [3.63, 3.8) is 0 Å². The molecule has 1 heterocycles. The summed E-state index contributed by atoms with van der Waals surface area (Å²) in [5.41, 5.74) is 7.79. The maximum Gasteiger partial charge on any atom is 0.308 e. The monoisotopic (exact) mass is 660 g/mol. The highest BCUT2D eigenvalue weighted by Crippen LogP contribution is 2.13. The number of hydrogen-bond acceptors (Lipinski definition) is 11. The largest absolute Gasteiger partial charge is 0.461 e. The number of hydrogen-bond donors (Lipinski definition) is 5. The average molecular weight is 661 g/mol. The Morgan fingerprint density at radius 3 is 2.38 bits per heavy atom. The zero-order valence-corrected chi connectivity index (χ0v) is 28.1. The molecule has 2 aromatic rings. The number of esters is 1. The summed E-state index contributed by atoms with van der Waals surface area (Å²) in [6, 6.07) is 6.45. The molecule has 0 fully saturated rings. The smallest absolute Gasteiger partial charge is 0.308 e. The zero-order chi connectivity index (χ0) is 34.4. The Kier molecular flexibility index (Phi) is 18.9. The third-order valence-electron chi connectivity index (χ3n) is 6.66. The summed E-state index contributed by atoms with van der Waals surface area (Å²) >= 11 is 0. The van der Waals surface area contributed by atoms with Crippen LogP contribution in [-0.4, -0.2) is 90.3 Å². The molecule has 6 N–H and O–H groups in total. The molecule has 2 rings (SSSR count). The predicted molar refractivity (Wildman–Crippen MR) is 176 cm³/mol. The lowest BCUT2D eigenvalue weighted by Crippen LogP contribution is -2.45. The van der Waals surface area contributed by atoms with E-state index >= 15 is 0 Å². The number of nitrogens with zero attached hydrogens (tertiary/aromatic N) is 3. The number of carbonyl (C=O) groups is 4. The fourth-order valence-electron chi connectivity index (χ4n) is 4.05. The SMILES string of the molecule is CC(C)NCc1cn(CCCOCCNC(=O)COCC(=O)N[C@@H](CCCCN)C(=O)Nc2ccc(COC(=O)C(C)C)cc2)nn1. The van der Waals surface area contributed by atoms with E-state index in [0.717, 1.165) is 17.7 Å².